The van der Waals surface area contributed by atoms with Crippen LogP contribution in [0, 0.1) is 0 Å². The van der Waals surface area contributed by atoms with Crippen molar-refractivity contribution in [2.24, 2.45) is 0 Å². The van der Waals surface area contributed by atoms with Gasteiger partial charge in [-0.15, -0.1) is 0 Å². The van der Waals surface area contributed by atoms with E-state index in [-0.39, 0.29) is 0 Å². The zero-order valence-corrected chi connectivity index (χ0v) is 9.84. The van der Waals surface area contributed by atoms with Crippen molar-refractivity contribution in [3.05, 3.63) is 35.9 Å². The van der Waals surface area contributed by atoms with Crippen LogP contribution in [0.25, 0.3) is 0 Å². The minimum atomic E-state index is 0.592. The zero-order chi connectivity index (χ0) is 10.6. The lowest BCUT2D eigenvalue weighted by atomic mass is 9.90. The van der Waals surface area contributed by atoms with Crippen molar-refractivity contribution < 1.29 is 0 Å². The maximum absolute atomic E-state index is 2.31. The summed E-state index contributed by atoms with van der Waals surface area (Å²) >= 11 is 0. The number of hydrogen-bond donors (Lipinski definition) is 0. The molecule has 2 rings (SSSR count). The van der Waals surface area contributed by atoms with Gasteiger partial charge >= 0.3 is 0 Å². The van der Waals surface area contributed by atoms with Crippen LogP contribution in [0.5, 0.6) is 0 Å². The highest BCUT2D eigenvalue weighted by Gasteiger charge is 2.42. The molecule has 1 aromatic rings. The van der Waals surface area contributed by atoms with E-state index in [1.54, 1.807) is 5.56 Å². The Kier molecular flexibility index (Phi) is 3.45. The van der Waals surface area contributed by atoms with Gasteiger partial charge in [-0.2, -0.15) is 0 Å². The summed E-state index contributed by atoms with van der Waals surface area (Å²) in [6, 6.07) is 11.1. The average Bonchev–Trinajstić information content (AvgIpc) is 3.07. The minimum absolute atomic E-state index is 0.592. The topological polar surface area (TPSA) is 0 Å². The van der Waals surface area contributed by atoms with Crippen LogP contribution in [0.4, 0.5) is 0 Å². The van der Waals surface area contributed by atoms with Crippen LogP contribution < -0.4 is 0 Å². The second-order valence-electron chi connectivity index (χ2n) is 4.96. The van der Waals surface area contributed by atoms with Gasteiger partial charge in [0, 0.05) is 0 Å². The highest BCUT2D eigenvalue weighted by atomic mass is 14.5. The highest BCUT2D eigenvalue weighted by molar-refractivity contribution is 5.30. The summed E-state index contributed by atoms with van der Waals surface area (Å²) < 4.78 is 0. The molecule has 1 saturated carbocycles. The predicted molar refractivity (Wildman–Crippen MR) is 66.1 cm³/mol. The van der Waals surface area contributed by atoms with E-state index in [9.17, 15) is 0 Å². The largest absolute Gasteiger partial charge is 0.0654 e. The van der Waals surface area contributed by atoms with Crippen LogP contribution in [0.3, 0.4) is 0 Å². The molecule has 0 aliphatic heterocycles. The molecule has 1 aliphatic rings. The molecule has 82 valence electrons. The summed E-state index contributed by atoms with van der Waals surface area (Å²) in [6.07, 6.45) is 9.85. The van der Waals surface area contributed by atoms with E-state index >= 15 is 0 Å². The summed E-state index contributed by atoms with van der Waals surface area (Å²) in [6.45, 7) is 2.28. The number of rotatable bonds is 6. The number of hydrogen-bond acceptors (Lipinski definition) is 0. The third-order valence-electron chi connectivity index (χ3n) is 3.75. The first-order chi connectivity index (χ1) is 7.37. The van der Waals surface area contributed by atoms with Crippen LogP contribution in [0.15, 0.2) is 30.3 Å². The van der Waals surface area contributed by atoms with Crippen molar-refractivity contribution in [2.45, 2.75) is 57.3 Å². The molecule has 0 amide bonds. The monoisotopic (exact) mass is 202 g/mol. The van der Waals surface area contributed by atoms with Crippen molar-refractivity contribution in [3.8, 4) is 0 Å². The lowest BCUT2D eigenvalue weighted by Gasteiger charge is -2.15. The van der Waals surface area contributed by atoms with E-state index in [1.165, 1.54) is 44.9 Å². The molecular weight excluding hydrogens is 180 g/mol. The highest BCUT2D eigenvalue weighted by Crippen LogP contribution is 2.51. The molecule has 0 heterocycles. The van der Waals surface area contributed by atoms with Gasteiger partial charge < -0.3 is 0 Å². The Labute approximate surface area is 93.7 Å². The first-order valence-corrected chi connectivity index (χ1v) is 6.43. The molecule has 1 aromatic carbocycles. The third kappa shape index (κ3) is 2.62. The Morgan fingerprint density at radius 1 is 1.00 bits per heavy atom. The van der Waals surface area contributed by atoms with Crippen LogP contribution in [0.1, 0.15) is 57.4 Å². The van der Waals surface area contributed by atoms with Crippen LogP contribution in [-0.4, -0.2) is 0 Å². The molecule has 0 bridgehead atoms. The number of benzene rings is 1. The van der Waals surface area contributed by atoms with E-state index < -0.39 is 0 Å². The summed E-state index contributed by atoms with van der Waals surface area (Å²) in [7, 11) is 0. The molecular formula is C15H22. The fraction of sp³-hybridized carbons (Fsp3) is 0.600. The molecule has 0 aromatic heterocycles. The van der Waals surface area contributed by atoms with E-state index in [2.05, 4.69) is 37.3 Å². The van der Waals surface area contributed by atoms with Gasteiger partial charge in [0.1, 0.15) is 0 Å². The van der Waals surface area contributed by atoms with Gasteiger partial charge in [-0.3, -0.25) is 0 Å². The summed E-state index contributed by atoms with van der Waals surface area (Å²) in [5.41, 5.74) is 2.18. The SMILES string of the molecule is CCCCCCC1(c2ccccc2)CC1. The molecule has 0 heteroatoms. The molecule has 0 radical (unpaired) electrons. The molecule has 1 fully saturated rings. The van der Waals surface area contributed by atoms with E-state index in [4.69, 9.17) is 0 Å². The lowest BCUT2D eigenvalue weighted by molar-refractivity contribution is 0.544. The Bertz CT molecular complexity index is 282. The van der Waals surface area contributed by atoms with Crippen molar-refractivity contribution in [2.75, 3.05) is 0 Å². The van der Waals surface area contributed by atoms with Crippen molar-refractivity contribution in [1.82, 2.24) is 0 Å². The second-order valence-corrected chi connectivity index (χ2v) is 4.96. The van der Waals surface area contributed by atoms with Gasteiger partial charge in [-0.05, 0) is 30.2 Å². The fourth-order valence-electron chi connectivity index (χ4n) is 2.52. The van der Waals surface area contributed by atoms with Gasteiger partial charge in [0.25, 0.3) is 0 Å². The summed E-state index contributed by atoms with van der Waals surface area (Å²) in [5.74, 6) is 0. The maximum Gasteiger partial charge on any atom is -0.00463 e. The quantitative estimate of drug-likeness (QED) is 0.587. The van der Waals surface area contributed by atoms with Crippen molar-refractivity contribution in [3.63, 3.8) is 0 Å². The van der Waals surface area contributed by atoms with Crippen molar-refractivity contribution in [1.29, 1.82) is 0 Å². The Balaban J connectivity index is 1.86. The summed E-state index contributed by atoms with van der Waals surface area (Å²) in [4.78, 5) is 0. The average molecular weight is 202 g/mol. The molecule has 0 spiro atoms. The molecule has 1 aliphatic carbocycles. The van der Waals surface area contributed by atoms with Crippen LogP contribution in [0.2, 0.25) is 0 Å². The Morgan fingerprint density at radius 2 is 1.73 bits per heavy atom. The third-order valence-corrected chi connectivity index (χ3v) is 3.75. The first kappa shape index (κ1) is 10.7. The standard InChI is InChI=1S/C15H22/c1-2-3-4-8-11-15(12-13-15)14-9-6-5-7-10-14/h5-7,9-10H,2-4,8,11-13H2,1H3. The molecule has 0 unspecified atom stereocenters. The normalized spacial score (nSPS) is 17.7. The molecule has 0 N–H and O–H groups in total. The number of unbranched alkanes of at least 4 members (excludes halogenated alkanes) is 3. The lowest BCUT2D eigenvalue weighted by Crippen LogP contribution is -2.05. The van der Waals surface area contributed by atoms with E-state index in [0.717, 1.165) is 0 Å². The van der Waals surface area contributed by atoms with Gasteiger partial charge in [-0.1, -0.05) is 62.9 Å². The maximum atomic E-state index is 2.31. The van der Waals surface area contributed by atoms with Gasteiger partial charge in [-0.25, -0.2) is 0 Å². The van der Waals surface area contributed by atoms with E-state index in [1.807, 2.05) is 0 Å². The Morgan fingerprint density at radius 3 is 2.33 bits per heavy atom. The molecule has 0 atom stereocenters. The zero-order valence-electron chi connectivity index (χ0n) is 9.84. The van der Waals surface area contributed by atoms with Crippen LogP contribution in [-0.2, 0) is 5.41 Å². The predicted octanol–water partition coefficient (Wildman–Crippen LogP) is 4.69. The Hall–Kier alpha value is -0.780. The fourth-order valence-corrected chi connectivity index (χ4v) is 2.52. The van der Waals surface area contributed by atoms with Gasteiger partial charge in [0.2, 0.25) is 0 Å². The van der Waals surface area contributed by atoms with E-state index in [0.29, 0.717) is 5.41 Å². The smallest absolute Gasteiger partial charge is 0.00463 e. The van der Waals surface area contributed by atoms with Gasteiger partial charge in [0.15, 0.2) is 0 Å². The summed E-state index contributed by atoms with van der Waals surface area (Å²) in [5, 5.41) is 0. The second kappa shape index (κ2) is 4.83. The van der Waals surface area contributed by atoms with Gasteiger partial charge in [0.05, 0.1) is 0 Å². The molecule has 0 nitrogen and oxygen atoms in total. The molecule has 0 saturated heterocycles. The molecule has 15 heavy (non-hydrogen) atoms. The van der Waals surface area contributed by atoms with Crippen molar-refractivity contribution >= 4 is 0 Å². The minimum Gasteiger partial charge on any atom is -0.0654 e. The van der Waals surface area contributed by atoms with Crippen LogP contribution >= 0.6 is 0 Å². The first-order valence-electron chi connectivity index (χ1n) is 6.43.